The first-order valence-electron chi connectivity index (χ1n) is 13.8. The van der Waals surface area contributed by atoms with E-state index >= 15 is 0 Å². The van der Waals surface area contributed by atoms with Crippen LogP contribution in [0.2, 0.25) is 5.02 Å². The Morgan fingerprint density at radius 3 is 2.59 bits per heavy atom. The largest absolute Gasteiger partial charge is 0.465 e. The summed E-state index contributed by atoms with van der Waals surface area (Å²) in [5, 5.41) is 4.70. The second kappa shape index (κ2) is 11.5. The molecule has 41 heavy (non-hydrogen) atoms. The molecule has 0 radical (unpaired) electrons. The number of hydrogen-bond acceptors (Lipinski definition) is 6. The van der Waals surface area contributed by atoms with Crippen LogP contribution in [0.3, 0.4) is 0 Å². The number of rotatable bonds is 6. The number of benzene rings is 2. The summed E-state index contributed by atoms with van der Waals surface area (Å²) in [6.45, 7) is 4.29. The molecule has 2 aliphatic heterocycles. The number of methoxy groups -OCH3 is 1. The molecule has 2 saturated heterocycles. The van der Waals surface area contributed by atoms with E-state index in [4.69, 9.17) is 33.0 Å². The minimum absolute atomic E-state index is 0.277. The highest BCUT2D eigenvalue weighted by molar-refractivity contribution is 7.80. The van der Waals surface area contributed by atoms with E-state index in [1.807, 2.05) is 53.4 Å². The number of nitrogens with one attached hydrogen (secondary N) is 1. The zero-order valence-electron chi connectivity index (χ0n) is 22.9. The average molecular weight is 587 g/mol. The quantitative estimate of drug-likeness (QED) is 0.188. The van der Waals surface area contributed by atoms with Crippen molar-refractivity contribution in [3.8, 4) is 11.3 Å². The summed E-state index contributed by atoms with van der Waals surface area (Å²) < 4.78 is 11.5. The van der Waals surface area contributed by atoms with Crippen molar-refractivity contribution in [2.75, 3.05) is 30.0 Å². The molecule has 6 rings (SSSR count). The second-order valence-corrected chi connectivity index (χ2v) is 11.3. The highest BCUT2D eigenvalue weighted by Gasteiger charge is 2.43. The summed E-state index contributed by atoms with van der Waals surface area (Å²) in [4.78, 5) is 21.5. The standard InChI is InChI=1S/C32H31ClN4O3S/c1-20-14-17-36(18-15-20)26-11-10-21(19-24(26)33)37-30(29(35-32(37)41)25-9-5-6-16-34-25)28-13-12-27(40-28)22-7-3-4-8-23(22)31(38)39-2/h3-13,16,19-20,29-30H,14-15,17-18H2,1-2H3,(H,35,41)/t29-,30+/m1/s1. The molecule has 210 valence electrons. The molecule has 0 bridgehead atoms. The Hall–Kier alpha value is -3.88. The molecule has 2 aliphatic rings. The summed E-state index contributed by atoms with van der Waals surface area (Å²) in [5.41, 5.74) is 3.82. The van der Waals surface area contributed by atoms with Crippen LogP contribution < -0.4 is 15.1 Å². The van der Waals surface area contributed by atoms with Crippen LogP contribution in [0.4, 0.5) is 11.4 Å². The molecule has 4 heterocycles. The number of halogens is 1. The Morgan fingerprint density at radius 1 is 1.07 bits per heavy atom. The first-order valence-corrected chi connectivity index (χ1v) is 14.6. The van der Waals surface area contributed by atoms with Crippen molar-refractivity contribution in [2.24, 2.45) is 5.92 Å². The molecule has 7 nitrogen and oxygen atoms in total. The number of ether oxygens (including phenoxy) is 1. The van der Waals surface area contributed by atoms with E-state index in [0.29, 0.717) is 32.8 Å². The lowest BCUT2D eigenvalue weighted by Gasteiger charge is -2.33. The van der Waals surface area contributed by atoms with E-state index in [0.717, 1.165) is 48.9 Å². The number of furan rings is 1. The van der Waals surface area contributed by atoms with Crippen LogP contribution in [-0.4, -0.2) is 36.3 Å². The predicted octanol–water partition coefficient (Wildman–Crippen LogP) is 7.20. The minimum atomic E-state index is -0.423. The van der Waals surface area contributed by atoms with Gasteiger partial charge in [-0.3, -0.25) is 4.98 Å². The van der Waals surface area contributed by atoms with E-state index in [2.05, 4.69) is 34.3 Å². The molecule has 2 aromatic carbocycles. The normalized spacial score (nSPS) is 19.3. The maximum absolute atomic E-state index is 12.5. The Morgan fingerprint density at radius 2 is 1.85 bits per heavy atom. The molecule has 0 unspecified atom stereocenters. The number of esters is 1. The topological polar surface area (TPSA) is 70.8 Å². The van der Waals surface area contributed by atoms with Crippen LogP contribution in [0.1, 0.15) is 53.7 Å². The molecule has 9 heteroatoms. The van der Waals surface area contributed by atoms with Crippen molar-refractivity contribution in [1.29, 1.82) is 0 Å². The number of piperidine rings is 1. The molecular formula is C32H31ClN4O3S. The van der Waals surface area contributed by atoms with Crippen LogP contribution >= 0.6 is 23.8 Å². The third kappa shape index (κ3) is 5.29. The third-order valence-electron chi connectivity index (χ3n) is 7.95. The van der Waals surface area contributed by atoms with Gasteiger partial charge in [0.2, 0.25) is 0 Å². The smallest absolute Gasteiger partial charge is 0.338 e. The summed E-state index contributed by atoms with van der Waals surface area (Å²) in [6, 6.07) is 22.4. The van der Waals surface area contributed by atoms with Crippen LogP contribution in [0.15, 0.2) is 83.4 Å². The van der Waals surface area contributed by atoms with E-state index in [1.165, 1.54) is 7.11 Å². The number of aromatic nitrogens is 1. The van der Waals surface area contributed by atoms with Crippen molar-refractivity contribution in [3.05, 3.63) is 101 Å². The van der Waals surface area contributed by atoms with Gasteiger partial charge in [-0.25, -0.2) is 4.79 Å². The third-order valence-corrected chi connectivity index (χ3v) is 8.57. The van der Waals surface area contributed by atoms with Crippen LogP contribution in [0.25, 0.3) is 11.3 Å². The van der Waals surface area contributed by atoms with Gasteiger partial charge in [-0.1, -0.05) is 42.8 Å². The zero-order chi connectivity index (χ0) is 28.5. The molecule has 2 fully saturated rings. The lowest BCUT2D eigenvalue weighted by Crippen LogP contribution is -2.33. The minimum Gasteiger partial charge on any atom is -0.465 e. The van der Waals surface area contributed by atoms with E-state index in [9.17, 15) is 4.79 Å². The van der Waals surface area contributed by atoms with Gasteiger partial charge >= 0.3 is 5.97 Å². The van der Waals surface area contributed by atoms with Crippen molar-refractivity contribution >= 4 is 46.3 Å². The molecule has 0 saturated carbocycles. The molecule has 2 aromatic heterocycles. The number of carbonyl (C=O) groups excluding carboxylic acids is 1. The number of hydrogen-bond donors (Lipinski definition) is 1. The zero-order valence-corrected chi connectivity index (χ0v) is 24.5. The molecule has 1 N–H and O–H groups in total. The second-order valence-electron chi connectivity index (χ2n) is 10.5. The van der Waals surface area contributed by atoms with Crippen molar-refractivity contribution in [1.82, 2.24) is 10.3 Å². The Balaban J connectivity index is 1.39. The maximum atomic E-state index is 12.5. The van der Waals surface area contributed by atoms with Gasteiger partial charge in [-0.15, -0.1) is 0 Å². The lowest BCUT2D eigenvalue weighted by atomic mass is 9.98. The van der Waals surface area contributed by atoms with Gasteiger partial charge in [0.25, 0.3) is 0 Å². The number of nitrogens with zero attached hydrogens (tertiary/aromatic N) is 3. The fourth-order valence-electron chi connectivity index (χ4n) is 5.72. The van der Waals surface area contributed by atoms with E-state index in [1.54, 1.807) is 18.3 Å². The fourth-order valence-corrected chi connectivity index (χ4v) is 6.36. The summed E-state index contributed by atoms with van der Waals surface area (Å²) in [6.07, 6.45) is 4.09. The van der Waals surface area contributed by atoms with E-state index < -0.39 is 5.97 Å². The average Bonchev–Trinajstić information content (AvgIpc) is 3.62. The summed E-state index contributed by atoms with van der Waals surface area (Å²) in [7, 11) is 1.37. The highest BCUT2D eigenvalue weighted by Crippen LogP contribution is 2.44. The van der Waals surface area contributed by atoms with Gasteiger partial charge in [0.05, 0.1) is 35.1 Å². The fraction of sp³-hybridized carbons (Fsp3) is 0.281. The Bertz CT molecular complexity index is 1570. The SMILES string of the molecule is COC(=O)c1ccccc1-c1ccc([C@H]2[C@@H](c3ccccn3)NC(=S)N2c2ccc(N3CCC(C)CC3)c(Cl)c2)o1. The van der Waals surface area contributed by atoms with Crippen molar-refractivity contribution in [3.63, 3.8) is 0 Å². The van der Waals surface area contributed by atoms with E-state index in [-0.39, 0.29) is 12.1 Å². The van der Waals surface area contributed by atoms with Gasteiger partial charge in [0, 0.05) is 30.5 Å². The molecule has 0 spiro atoms. The van der Waals surface area contributed by atoms with Crippen molar-refractivity contribution in [2.45, 2.75) is 31.8 Å². The molecule has 0 aliphatic carbocycles. The first-order chi connectivity index (χ1) is 19.9. The molecule has 4 aromatic rings. The Labute approximate surface area is 250 Å². The predicted molar refractivity (Wildman–Crippen MR) is 165 cm³/mol. The number of carbonyl (C=O) groups is 1. The summed E-state index contributed by atoms with van der Waals surface area (Å²) in [5.74, 6) is 1.55. The Kier molecular flexibility index (Phi) is 7.69. The van der Waals surface area contributed by atoms with Gasteiger partial charge in [-0.05, 0) is 79.5 Å². The molecule has 0 amide bonds. The number of pyridine rings is 1. The molecular weight excluding hydrogens is 556 g/mol. The van der Waals surface area contributed by atoms with Gasteiger partial charge in [0.1, 0.15) is 17.6 Å². The number of anilines is 2. The lowest BCUT2D eigenvalue weighted by molar-refractivity contribution is 0.0601. The van der Waals surface area contributed by atoms with Gasteiger partial charge < -0.3 is 24.3 Å². The van der Waals surface area contributed by atoms with Gasteiger partial charge in [0.15, 0.2) is 5.11 Å². The van der Waals surface area contributed by atoms with Crippen LogP contribution in [0.5, 0.6) is 0 Å². The maximum Gasteiger partial charge on any atom is 0.338 e. The van der Waals surface area contributed by atoms with Crippen LogP contribution in [-0.2, 0) is 4.74 Å². The number of thiocarbonyl (C=S) groups is 1. The summed E-state index contributed by atoms with van der Waals surface area (Å²) >= 11 is 12.8. The molecule has 2 atom stereocenters. The van der Waals surface area contributed by atoms with Gasteiger partial charge in [-0.2, -0.15) is 0 Å². The van der Waals surface area contributed by atoms with Crippen LogP contribution in [0, 0.1) is 5.92 Å². The van der Waals surface area contributed by atoms with Crippen molar-refractivity contribution < 1.29 is 13.9 Å². The highest BCUT2D eigenvalue weighted by atomic mass is 35.5. The first kappa shape index (κ1) is 27.3. The monoisotopic (exact) mass is 586 g/mol.